The van der Waals surface area contributed by atoms with Crippen LogP contribution in [0.5, 0.6) is 0 Å². The molecule has 1 atom stereocenters. The van der Waals surface area contributed by atoms with Crippen LogP contribution in [0.2, 0.25) is 5.02 Å². The Morgan fingerprint density at radius 1 is 1.14 bits per heavy atom. The first-order valence-electron chi connectivity index (χ1n) is 7.14. The van der Waals surface area contributed by atoms with Gasteiger partial charge in [-0.1, -0.05) is 54.9 Å². The van der Waals surface area contributed by atoms with Crippen molar-refractivity contribution >= 4 is 17.6 Å². The first-order valence-corrected chi connectivity index (χ1v) is 7.52. The predicted octanol–water partition coefficient (Wildman–Crippen LogP) is 5.05. The molecule has 0 aliphatic heterocycles. The van der Waals surface area contributed by atoms with E-state index in [1.54, 1.807) is 6.92 Å². The van der Waals surface area contributed by atoms with E-state index in [2.05, 4.69) is 24.3 Å². The molecule has 0 radical (unpaired) electrons. The highest BCUT2D eigenvalue weighted by Gasteiger charge is 2.09. The summed E-state index contributed by atoms with van der Waals surface area (Å²) in [7, 11) is 0. The Morgan fingerprint density at radius 3 is 2.48 bits per heavy atom. The molecule has 110 valence electrons. The number of carboxylic acid groups (broad SMARTS) is 1. The SMILES string of the molecule is CC(CCCc1ccc(-c2cccc(Cl)c2)cc1)C(=O)O. The number of benzene rings is 2. The third-order valence-corrected chi connectivity index (χ3v) is 3.87. The first kappa shape index (κ1) is 15.6. The lowest BCUT2D eigenvalue weighted by atomic mass is 9.99. The molecular weight excluding hydrogens is 284 g/mol. The van der Waals surface area contributed by atoms with E-state index in [4.69, 9.17) is 16.7 Å². The van der Waals surface area contributed by atoms with Gasteiger partial charge in [-0.15, -0.1) is 0 Å². The van der Waals surface area contributed by atoms with Gasteiger partial charge in [0, 0.05) is 5.02 Å². The Labute approximate surface area is 130 Å². The largest absolute Gasteiger partial charge is 0.481 e. The summed E-state index contributed by atoms with van der Waals surface area (Å²) in [5.74, 6) is -0.984. The fourth-order valence-electron chi connectivity index (χ4n) is 2.27. The smallest absolute Gasteiger partial charge is 0.306 e. The van der Waals surface area contributed by atoms with Crippen LogP contribution >= 0.6 is 11.6 Å². The van der Waals surface area contributed by atoms with Gasteiger partial charge in [0.2, 0.25) is 0 Å². The number of halogens is 1. The number of hydrogen-bond acceptors (Lipinski definition) is 1. The van der Waals surface area contributed by atoms with Crippen LogP contribution in [-0.4, -0.2) is 11.1 Å². The van der Waals surface area contributed by atoms with Gasteiger partial charge in [-0.25, -0.2) is 0 Å². The van der Waals surface area contributed by atoms with Crippen molar-refractivity contribution in [3.63, 3.8) is 0 Å². The van der Waals surface area contributed by atoms with Crippen LogP contribution in [0.1, 0.15) is 25.3 Å². The van der Waals surface area contributed by atoms with E-state index in [0.29, 0.717) is 6.42 Å². The third-order valence-electron chi connectivity index (χ3n) is 3.64. The summed E-state index contributed by atoms with van der Waals surface area (Å²) in [6.07, 6.45) is 2.52. The van der Waals surface area contributed by atoms with Gasteiger partial charge in [0.15, 0.2) is 0 Å². The highest BCUT2D eigenvalue weighted by molar-refractivity contribution is 6.30. The van der Waals surface area contributed by atoms with Gasteiger partial charge in [-0.05, 0) is 48.1 Å². The minimum Gasteiger partial charge on any atom is -0.481 e. The zero-order valence-electron chi connectivity index (χ0n) is 12.1. The van der Waals surface area contributed by atoms with Gasteiger partial charge in [-0.3, -0.25) is 4.79 Å². The van der Waals surface area contributed by atoms with E-state index < -0.39 is 5.97 Å². The lowest BCUT2D eigenvalue weighted by Crippen LogP contribution is -2.09. The third kappa shape index (κ3) is 4.61. The molecule has 1 N–H and O–H groups in total. The number of aryl methyl sites for hydroxylation is 1. The maximum absolute atomic E-state index is 10.8. The van der Waals surface area contributed by atoms with Crippen molar-refractivity contribution in [1.29, 1.82) is 0 Å². The van der Waals surface area contributed by atoms with Crippen molar-refractivity contribution in [3.05, 3.63) is 59.1 Å². The van der Waals surface area contributed by atoms with Crippen LogP contribution in [0.15, 0.2) is 48.5 Å². The molecule has 0 aliphatic rings. The molecule has 0 aliphatic carbocycles. The second-order valence-electron chi connectivity index (χ2n) is 5.34. The summed E-state index contributed by atoms with van der Waals surface area (Å²) in [6.45, 7) is 1.75. The average Bonchev–Trinajstić information content (AvgIpc) is 2.47. The van der Waals surface area contributed by atoms with Gasteiger partial charge in [-0.2, -0.15) is 0 Å². The Hall–Kier alpha value is -1.80. The van der Waals surface area contributed by atoms with Gasteiger partial charge < -0.3 is 5.11 Å². The number of carboxylic acids is 1. The summed E-state index contributed by atoms with van der Waals surface area (Å²) in [4.78, 5) is 10.8. The Morgan fingerprint density at radius 2 is 1.86 bits per heavy atom. The molecule has 2 rings (SSSR count). The maximum Gasteiger partial charge on any atom is 0.306 e. The zero-order valence-corrected chi connectivity index (χ0v) is 12.8. The van der Waals surface area contributed by atoms with Gasteiger partial charge in [0.25, 0.3) is 0 Å². The highest BCUT2D eigenvalue weighted by atomic mass is 35.5. The predicted molar refractivity (Wildman–Crippen MR) is 86.6 cm³/mol. The van der Waals surface area contributed by atoms with Crippen LogP contribution in [0, 0.1) is 5.92 Å². The van der Waals surface area contributed by atoms with Crippen molar-refractivity contribution in [1.82, 2.24) is 0 Å². The van der Waals surface area contributed by atoms with E-state index in [1.165, 1.54) is 5.56 Å². The average molecular weight is 303 g/mol. The number of carbonyl (C=O) groups is 1. The van der Waals surface area contributed by atoms with Crippen LogP contribution in [0.4, 0.5) is 0 Å². The van der Waals surface area contributed by atoms with E-state index in [9.17, 15) is 4.79 Å². The normalized spacial score (nSPS) is 12.1. The van der Waals surface area contributed by atoms with Crippen LogP contribution in [0.3, 0.4) is 0 Å². The number of rotatable bonds is 6. The molecule has 0 aromatic heterocycles. The maximum atomic E-state index is 10.8. The molecule has 0 bridgehead atoms. The lowest BCUT2D eigenvalue weighted by molar-refractivity contribution is -0.141. The van der Waals surface area contributed by atoms with E-state index in [1.807, 2.05) is 24.3 Å². The van der Waals surface area contributed by atoms with Crippen LogP contribution in [-0.2, 0) is 11.2 Å². The van der Waals surface area contributed by atoms with Crippen LogP contribution < -0.4 is 0 Å². The second-order valence-corrected chi connectivity index (χ2v) is 5.78. The molecule has 2 nitrogen and oxygen atoms in total. The summed E-state index contributed by atoms with van der Waals surface area (Å²) in [5, 5.41) is 9.59. The molecule has 2 aromatic rings. The van der Waals surface area contributed by atoms with Crippen molar-refractivity contribution in [3.8, 4) is 11.1 Å². The van der Waals surface area contributed by atoms with Crippen molar-refractivity contribution in [2.24, 2.45) is 5.92 Å². The minimum atomic E-state index is -0.716. The molecular formula is C18H19ClO2. The van der Waals surface area contributed by atoms with E-state index in [-0.39, 0.29) is 5.92 Å². The molecule has 1 unspecified atom stereocenters. The Kier molecular flexibility index (Phi) is 5.40. The topological polar surface area (TPSA) is 37.3 Å². The molecule has 21 heavy (non-hydrogen) atoms. The molecule has 0 fully saturated rings. The van der Waals surface area contributed by atoms with E-state index in [0.717, 1.165) is 29.0 Å². The molecule has 0 heterocycles. The van der Waals surface area contributed by atoms with Crippen molar-refractivity contribution in [2.45, 2.75) is 26.2 Å². The summed E-state index contributed by atoms with van der Waals surface area (Å²) in [6, 6.07) is 16.2. The standard InChI is InChI=1S/C18H19ClO2/c1-13(18(20)21)4-2-5-14-8-10-15(11-9-14)16-6-3-7-17(19)12-16/h3,6-13H,2,4-5H2,1H3,(H,20,21). The molecule has 0 saturated heterocycles. The van der Waals surface area contributed by atoms with Gasteiger partial charge in [0.05, 0.1) is 5.92 Å². The molecule has 0 amide bonds. The summed E-state index contributed by atoms with van der Waals surface area (Å²) < 4.78 is 0. The van der Waals surface area contributed by atoms with Crippen molar-refractivity contribution in [2.75, 3.05) is 0 Å². The summed E-state index contributed by atoms with van der Waals surface area (Å²) in [5.41, 5.74) is 3.48. The number of aliphatic carboxylic acids is 1. The first-order chi connectivity index (χ1) is 10.1. The van der Waals surface area contributed by atoms with Gasteiger partial charge >= 0.3 is 5.97 Å². The monoisotopic (exact) mass is 302 g/mol. The van der Waals surface area contributed by atoms with Crippen molar-refractivity contribution < 1.29 is 9.90 Å². The minimum absolute atomic E-state index is 0.268. The van der Waals surface area contributed by atoms with Gasteiger partial charge in [0.1, 0.15) is 0 Å². The highest BCUT2D eigenvalue weighted by Crippen LogP contribution is 2.23. The summed E-state index contributed by atoms with van der Waals surface area (Å²) >= 11 is 6.00. The fourth-order valence-corrected chi connectivity index (χ4v) is 2.46. The Balaban J connectivity index is 1.95. The Bertz CT molecular complexity index is 605. The van der Waals surface area contributed by atoms with E-state index >= 15 is 0 Å². The quantitative estimate of drug-likeness (QED) is 0.810. The molecule has 3 heteroatoms. The zero-order chi connectivity index (χ0) is 15.2. The molecule has 0 spiro atoms. The number of hydrogen-bond donors (Lipinski definition) is 1. The lowest BCUT2D eigenvalue weighted by Gasteiger charge is -2.07. The molecule has 0 saturated carbocycles. The second kappa shape index (κ2) is 7.28. The molecule has 2 aromatic carbocycles. The fraction of sp³-hybridized carbons (Fsp3) is 0.278. The van der Waals surface area contributed by atoms with Crippen LogP contribution in [0.25, 0.3) is 11.1 Å².